The predicted octanol–water partition coefficient (Wildman–Crippen LogP) is 4.77. The Labute approximate surface area is 200 Å². The molecule has 4 rings (SSSR count). The number of carbonyl (C=O) groups excluding carboxylic acids is 1. The maximum absolute atomic E-state index is 12.5. The zero-order chi connectivity index (χ0) is 24.0. The number of nitrogens with one attached hydrogen (secondary N) is 2. The van der Waals surface area contributed by atoms with E-state index in [1.165, 1.54) is 41.8 Å². The van der Waals surface area contributed by atoms with Crippen molar-refractivity contribution in [1.82, 2.24) is 4.98 Å². The van der Waals surface area contributed by atoms with Gasteiger partial charge in [-0.1, -0.05) is 0 Å². The highest BCUT2D eigenvalue weighted by molar-refractivity contribution is 7.93. The molecule has 4 aromatic rings. The van der Waals surface area contributed by atoms with E-state index in [1.54, 1.807) is 29.6 Å². The minimum atomic E-state index is -3.77. The van der Waals surface area contributed by atoms with Crippen LogP contribution in [0.25, 0.3) is 0 Å². The molecule has 0 saturated carbocycles. The van der Waals surface area contributed by atoms with Gasteiger partial charge in [-0.2, -0.15) is 0 Å². The number of nitrogens with zero attached hydrogens (tertiary/aromatic N) is 1. The molecule has 0 spiro atoms. The second kappa shape index (κ2) is 10.4. The van der Waals surface area contributed by atoms with Gasteiger partial charge < -0.3 is 19.2 Å². The topological polar surface area (TPSA) is 120 Å². The summed E-state index contributed by atoms with van der Waals surface area (Å²) in [5.41, 5.74) is 0.418. The molecule has 0 unspecified atom stereocenters. The fourth-order valence-corrected chi connectivity index (χ4v) is 4.68. The highest BCUT2D eigenvalue weighted by Gasteiger charge is 2.16. The molecule has 0 radical (unpaired) electrons. The van der Waals surface area contributed by atoms with Crippen molar-refractivity contribution in [3.63, 3.8) is 0 Å². The molecule has 0 aliphatic carbocycles. The van der Waals surface area contributed by atoms with Crippen molar-refractivity contribution in [3.8, 4) is 11.5 Å². The molecule has 11 heteroatoms. The number of benzene rings is 2. The first-order valence-electron chi connectivity index (χ1n) is 10.2. The Hall–Kier alpha value is -3.83. The van der Waals surface area contributed by atoms with Crippen LogP contribution < -0.4 is 19.5 Å². The summed E-state index contributed by atoms with van der Waals surface area (Å²) >= 11 is 1.18. The molecule has 2 N–H and O–H groups in total. The number of amides is 1. The van der Waals surface area contributed by atoms with Crippen LogP contribution in [0, 0.1) is 0 Å². The van der Waals surface area contributed by atoms with Crippen molar-refractivity contribution in [3.05, 3.63) is 83.8 Å². The predicted molar refractivity (Wildman–Crippen MR) is 128 cm³/mol. The van der Waals surface area contributed by atoms with Crippen LogP contribution in [0.2, 0.25) is 0 Å². The largest absolute Gasteiger partial charge is 0.494 e. The molecule has 1 amide bonds. The Morgan fingerprint density at radius 1 is 1.00 bits per heavy atom. The van der Waals surface area contributed by atoms with Gasteiger partial charge in [-0.25, -0.2) is 13.4 Å². The summed E-state index contributed by atoms with van der Waals surface area (Å²) in [6.45, 7) is 2.66. The number of thiazole rings is 1. The van der Waals surface area contributed by atoms with Crippen LogP contribution in [-0.2, 0) is 16.6 Å². The van der Waals surface area contributed by atoms with Crippen molar-refractivity contribution in [2.45, 2.75) is 18.4 Å². The molecule has 2 aromatic carbocycles. The van der Waals surface area contributed by atoms with E-state index in [2.05, 4.69) is 15.0 Å². The first kappa shape index (κ1) is 23.3. The summed E-state index contributed by atoms with van der Waals surface area (Å²) in [7, 11) is -3.77. The van der Waals surface area contributed by atoms with E-state index in [1.807, 2.05) is 19.1 Å². The Kier molecular flexibility index (Phi) is 7.14. The molecule has 0 aliphatic heterocycles. The van der Waals surface area contributed by atoms with Crippen molar-refractivity contribution in [2.75, 3.05) is 16.6 Å². The maximum Gasteiger partial charge on any atom is 0.291 e. The molecular weight excluding hydrogens is 478 g/mol. The highest BCUT2D eigenvalue weighted by Crippen LogP contribution is 2.21. The lowest BCUT2D eigenvalue weighted by Gasteiger charge is -2.07. The van der Waals surface area contributed by atoms with Gasteiger partial charge in [0.15, 0.2) is 10.9 Å². The Bertz CT molecular complexity index is 1330. The van der Waals surface area contributed by atoms with E-state index in [9.17, 15) is 13.2 Å². The number of hydrogen-bond donors (Lipinski definition) is 2. The minimum Gasteiger partial charge on any atom is -0.494 e. The molecule has 0 bridgehead atoms. The number of rotatable bonds is 10. The normalized spacial score (nSPS) is 11.1. The summed E-state index contributed by atoms with van der Waals surface area (Å²) in [5, 5.41) is 4.62. The summed E-state index contributed by atoms with van der Waals surface area (Å²) in [4.78, 5) is 16.5. The van der Waals surface area contributed by atoms with Gasteiger partial charge in [0.05, 0.1) is 11.5 Å². The number of sulfonamides is 1. The van der Waals surface area contributed by atoms with Crippen LogP contribution in [0.1, 0.15) is 23.2 Å². The van der Waals surface area contributed by atoms with Crippen LogP contribution in [-0.4, -0.2) is 25.9 Å². The second-order valence-electron chi connectivity index (χ2n) is 6.88. The number of aromatic nitrogens is 1. The molecule has 34 heavy (non-hydrogen) atoms. The number of hydrogen-bond acceptors (Lipinski definition) is 8. The van der Waals surface area contributed by atoms with Gasteiger partial charge in [0.25, 0.3) is 15.9 Å². The Morgan fingerprint density at radius 3 is 2.35 bits per heavy atom. The maximum atomic E-state index is 12.5. The van der Waals surface area contributed by atoms with E-state index in [4.69, 9.17) is 13.9 Å². The van der Waals surface area contributed by atoms with Gasteiger partial charge >= 0.3 is 0 Å². The third-order valence-electron chi connectivity index (χ3n) is 4.48. The molecule has 2 heterocycles. The third kappa shape index (κ3) is 5.94. The molecule has 0 aliphatic rings. The van der Waals surface area contributed by atoms with Crippen molar-refractivity contribution < 1.29 is 27.1 Å². The van der Waals surface area contributed by atoms with Crippen LogP contribution in [0.5, 0.6) is 11.5 Å². The summed E-state index contributed by atoms with van der Waals surface area (Å²) in [6, 6.07) is 16.2. The summed E-state index contributed by atoms with van der Waals surface area (Å²) < 4.78 is 43.8. The number of furan rings is 1. The van der Waals surface area contributed by atoms with Gasteiger partial charge in [0.1, 0.15) is 23.9 Å². The molecule has 0 saturated heterocycles. The second-order valence-corrected chi connectivity index (χ2v) is 9.46. The number of carbonyl (C=O) groups is 1. The van der Waals surface area contributed by atoms with E-state index in [0.717, 1.165) is 5.75 Å². The monoisotopic (exact) mass is 499 g/mol. The van der Waals surface area contributed by atoms with E-state index in [-0.39, 0.29) is 22.4 Å². The van der Waals surface area contributed by atoms with Gasteiger partial charge in [-0.15, -0.1) is 11.3 Å². The van der Waals surface area contributed by atoms with Crippen molar-refractivity contribution in [2.24, 2.45) is 0 Å². The van der Waals surface area contributed by atoms with Gasteiger partial charge in [0, 0.05) is 17.3 Å². The molecule has 0 fully saturated rings. The lowest BCUT2D eigenvalue weighted by Crippen LogP contribution is -2.13. The van der Waals surface area contributed by atoms with Crippen LogP contribution in [0.15, 0.2) is 81.6 Å². The number of anilines is 2. The zero-order valence-corrected chi connectivity index (χ0v) is 19.7. The van der Waals surface area contributed by atoms with Crippen LogP contribution in [0.3, 0.4) is 0 Å². The average molecular weight is 500 g/mol. The van der Waals surface area contributed by atoms with Gasteiger partial charge in [0.2, 0.25) is 0 Å². The van der Waals surface area contributed by atoms with Crippen molar-refractivity contribution >= 4 is 38.1 Å². The molecule has 176 valence electrons. The van der Waals surface area contributed by atoms with E-state index >= 15 is 0 Å². The Balaban J connectivity index is 1.32. The number of ether oxygens (including phenoxy) is 2. The fraction of sp³-hybridized carbons (Fsp3) is 0.130. The summed E-state index contributed by atoms with van der Waals surface area (Å²) in [5.74, 6) is 1.52. The molecule has 9 nitrogen and oxygen atoms in total. The van der Waals surface area contributed by atoms with E-state index in [0.29, 0.717) is 23.8 Å². The molecule has 2 aromatic heterocycles. The zero-order valence-electron chi connectivity index (χ0n) is 18.1. The third-order valence-corrected chi connectivity index (χ3v) is 6.65. The molecule has 0 atom stereocenters. The SMILES string of the molecule is CCOc1ccc(OCc2ccc(C(=O)Nc3ccc(S(=O)(=O)Nc4nccs4)cc3)o2)cc1. The highest BCUT2D eigenvalue weighted by atomic mass is 32.2. The van der Waals surface area contributed by atoms with E-state index < -0.39 is 15.9 Å². The first-order valence-corrected chi connectivity index (χ1v) is 12.6. The lowest BCUT2D eigenvalue weighted by molar-refractivity contribution is 0.0992. The molecular formula is C23H21N3O6S2. The van der Waals surface area contributed by atoms with Crippen LogP contribution >= 0.6 is 11.3 Å². The first-order chi connectivity index (χ1) is 16.4. The lowest BCUT2D eigenvalue weighted by atomic mass is 10.3. The smallest absolute Gasteiger partial charge is 0.291 e. The fourth-order valence-electron chi connectivity index (χ4n) is 2.89. The van der Waals surface area contributed by atoms with Gasteiger partial charge in [-0.05, 0) is 67.6 Å². The van der Waals surface area contributed by atoms with Crippen molar-refractivity contribution in [1.29, 1.82) is 0 Å². The summed E-state index contributed by atoms with van der Waals surface area (Å²) in [6.07, 6.45) is 1.51. The average Bonchev–Trinajstić information content (AvgIpc) is 3.51. The quantitative estimate of drug-likeness (QED) is 0.323. The van der Waals surface area contributed by atoms with Crippen LogP contribution in [0.4, 0.5) is 10.8 Å². The standard InChI is InChI=1S/C23H21N3O6S2/c1-2-30-17-5-7-18(8-6-17)31-15-19-9-12-21(32-19)22(27)25-16-3-10-20(11-4-16)34(28,29)26-23-24-13-14-33-23/h3-14H,2,15H2,1H3,(H,24,26)(H,25,27). The van der Waals surface area contributed by atoms with Gasteiger partial charge in [-0.3, -0.25) is 9.52 Å². The minimum absolute atomic E-state index is 0.0485. The Morgan fingerprint density at radius 2 is 1.71 bits per heavy atom.